The van der Waals surface area contributed by atoms with Crippen LogP contribution in [0, 0.1) is 5.41 Å². The van der Waals surface area contributed by atoms with Gasteiger partial charge in [-0.2, -0.15) is 0 Å². The molecule has 0 saturated heterocycles. The van der Waals surface area contributed by atoms with E-state index >= 15 is 0 Å². The summed E-state index contributed by atoms with van der Waals surface area (Å²) < 4.78 is 5.41. The Morgan fingerprint density at radius 3 is 3.00 bits per heavy atom. The molecule has 0 spiro atoms. The Morgan fingerprint density at radius 1 is 1.44 bits per heavy atom. The molecule has 3 rings (SSSR count). The van der Waals surface area contributed by atoms with Crippen molar-refractivity contribution in [1.82, 2.24) is 5.32 Å². The molecular formula is C14H17NO3. The van der Waals surface area contributed by atoms with Gasteiger partial charge in [0.1, 0.15) is 5.75 Å². The molecule has 0 bridgehead atoms. The third-order valence-electron chi connectivity index (χ3n) is 3.87. The van der Waals surface area contributed by atoms with Crippen LogP contribution in [0.1, 0.15) is 28.8 Å². The van der Waals surface area contributed by atoms with Gasteiger partial charge in [-0.25, -0.2) is 0 Å². The van der Waals surface area contributed by atoms with Gasteiger partial charge in [0.15, 0.2) is 0 Å². The van der Waals surface area contributed by atoms with Gasteiger partial charge in [0.25, 0.3) is 5.91 Å². The molecule has 1 amide bonds. The van der Waals surface area contributed by atoms with E-state index in [1.807, 2.05) is 12.1 Å². The van der Waals surface area contributed by atoms with E-state index < -0.39 is 0 Å². The Kier molecular flexibility index (Phi) is 2.74. The smallest absolute Gasteiger partial charge is 0.251 e. The summed E-state index contributed by atoms with van der Waals surface area (Å²) in [4.78, 5) is 12.0. The fraction of sp³-hybridized carbons (Fsp3) is 0.500. The molecule has 1 aliphatic heterocycles. The molecule has 18 heavy (non-hydrogen) atoms. The first kappa shape index (κ1) is 11.5. The predicted octanol–water partition coefficient (Wildman–Crippen LogP) is 1.12. The number of aliphatic hydroxyl groups is 1. The van der Waals surface area contributed by atoms with Crippen molar-refractivity contribution < 1.29 is 14.6 Å². The van der Waals surface area contributed by atoms with Crippen molar-refractivity contribution in [3.8, 4) is 5.75 Å². The van der Waals surface area contributed by atoms with Crippen LogP contribution < -0.4 is 10.1 Å². The Morgan fingerprint density at radius 2 is 2.28 bits per heavy atom. The number of aliphatic hydroxyl groups excluding tert-OH is 1. The van der Waals surface area contributed by atoms with Crippen molar-refractivity contribution in [3.05, 3.63) is 29.3 Å². The second-order valence-electron chi connectivity index (χ2n) is 5.26. The van der Waals surface area contributed by atoms with Gasteiger partial charge in [-0.1, -0.05) is 0 Å². The van der Waals surface area contributed by atoms with Gasteiger partial charge in [-0.15, -0.1) is 0 Å². The molecule has 4 nitrogen and oxygen atoms in total. The van der Waals surface area contributed by atoms with Crippen LogP contribution in [0.4, 0.5) is 0 Å². The Balaban J connectivity index is 1.65. The monoisotopic (exact) mass is 247 g/mol. The standard InChI is InChI=1S/C14H17NO3/c16-9-14(4-5-14)8-15-13(17)11-1-2-12-10(7-11)3-6-18-12/h1-2,7,16H,3-6,8-9H2,(H,15,17). The Bertz CT molecular complexity index is 480. The number of rotatable bonds is 4. The lowest BCUT2D eigenvalue weighted by Gasteiger charge is -2.13. The second-order valence-corrected chi connectivity index (χ2v) is 5.26. The average molecular weight is 247 g/mol. The molecule has 1 aromatic rings. The molecule has 0 radical (unpaired) electrons. The minimum absolute atomic E-state index is 0.0461. The summed E-state index contributed by atoms with van der Waals surface area (Å²) in [6.07, 6.45) is 2.88. The molecule has 2 aliphatic rings. The zero-order valence-corrected chi connectivity index (χ0v) is 10.2. The lowest BCUT2D eigenvalue weighted by atomic mass is 10.1. The summed E-state index contributed by atoms with van der Waals surface area (Å²) in [6, 6.07) is 5.55. The van der Waals surface area contributed by atoms with Crippen LogP contribution in [0.5, 0.6) is 5.75 Å². The highest BCUT2D eigenvalue weighted by Gasteiger charge is 2.42. The molecular weight excluding hydrogens is 230 g/mol. The third kappa shape index (κ3) is 2.08. The van der Waals surface area contributed by atoms with Gasteiger partial charge in [0.2, 0.25) is 0 Å². The van der Waals surface area contributed by atoms with Crippen LogP contribution in [0.15, 0.2) is 18.2 Å². The maximum atomic E-state index is 12.0. The van der Waals surface area contributed by atoms with Crippen molar-refractivity contribution >= 4 is 5.91 Å². The maximum Gasteiger partial charge on any atom is 0.251 e. The summed E-state index contributed by atoms with van der Waals surface area (Å²) in [5.41, 5.74) is 1.73. The summed E-state index contributed by atoms with van der Waals surface area (Å²) >= 11 is 0. The first-order valence-corrected chi connectivity index (χ1v) is 6.37. The van der Waals surface area contributed by atoms with Gasteiger partial charge >= 0.3 is 0 Å². The molecule has 0 aromatic heterocycles. The summed E-state index contributed by atoms with van der Waals surface area (Å²) in [5.74, 6) is 0.824. The third-order valence-corrected chi connectivity index (χ3v) is 3.87. The molecule has 1 aromatic carbocycles. The molecule has 0 unspecified atom stereocenters. The van der Waals surface area contributed by atoms with Crippen molar-refractivity contribution in [2.75, 3.05) is 19.8 Å². The number of hydrogen-bond donors (Lipinski definition) is 2. The first-order valence-electron chi connectivity index (χ1n) is 6.37. The Labute approximate surface area is 106 Å². The van der Waals surface area contributed by atoms with Crippen LogP contribution in [-0.2, 0) is 6.42 Å². The fourth-order valence-corrected chi connectivity index (χ4v) is 2.27. The quantitative estimate of drug-likeness (QED) is 0.838. The zero-order chi connectivity index (χ0) is 12.6. The fourth-order valence-electron chi connectivity index (χ4n) is 2.27. The first-order chi connectivity index (χ1) is 8.72. The van der Waals surface area contributed by atoms with E-state index in [0.717, 1.165) is 30.6 Å². The van der Waals surface area contributed by atoms with Crippen LogP contribution >= 0.6 is 0 Å². The van der Waals surface area contributed by atoms with E-state index in [0.29, 0.717) is 18.7 Å². The van der Waals surface area contributed by atoms with E-state index in [2.05, 4.69) is 5.32 Å². The number of carbonyl (C=O) groups is 1. The van der Waals surface area contributed by atoms with Crippen molar-refractivity contribution in [1.29, 1.82) is 0 Å². The normalized spacial score (nSPS) is 18.9. The SMILES string of the molecule is O=C(NCC1(CO)CC1)c1ccc2c(c1)CCO2. The van der Waals surface area contributed by atoms with E-state index in [1.54, 1.807) is 6.07 Å². The lowest BCUT2D eigenvalue weighted by Crippen LogP contribution is -2.31. The van der Waals surface area contributed by atoms with Gasteiger partial charge in [-0.05, 0) is 36.6 Å². The van der Waals surface area contributed by atoms with E-state index in [9.17, 15) is 9.90 Å². The zero-order valence-electron chi connectivity index (χ0n) is 10.2. The molecule has 2 N–H and O–H groups in total. The number of amides is 1. The van der Waals surface area contributed by atoms with Crippen LogP contribution in [0.2, 0.25) is 0 Å². The van der Waals surface area contributed by atoms with Crippen molar-refractivity contribution in [2.45, 2.75) is 19.3 Å². The van der Waals surface area contributed by atoms with Crippen LogP contribution in [0.25, 0.3) is 0 Å². The van der Waals surface area contributed by atoms with Gasteiger partial charge in [0.05, 0.1) is 13.2 Å². The van der Waals surface area contributed by atoms with E-state index in [-0.39, 0.29) is 17.9 Å². The van der Waals surface area contributed by atoms with Crippen LogP contribution in [0.3, 0.4) is 0 Å². The number of nitrogens with one attached hydrogen (secondary N) is 1. The number of fused-ring (bicyclic) bond motifs is 1. The van der Waals surface area contributed by atoms with Crippen LogP contribution in [-0.4, -0.2) is 30.8 Å². The summed E-state index contributed by atoms with van der Waals surface area (Å²) in [6.45, 7) is 1.43. The van der Waals surface area contributed by atoms with E-state index in [4.69, 9.17) is 4.74 Å². The van der Waals surface area contributed by atoms with Crippen molar-refractivity contribution in [3.63, 3.8) is 0 Å². The topological polar surface area (TPSA) is 58.6 Å². The molecule has 1 aliphatic carbocycles. The summed E-state index contributed by atoms with van der Waals surface area (Å²) in [5, 5.41) is 12.1. The molecule has 1 heterocycles. The highest BCUT2D eigenvalue weighted by atomic mass is 16.5. The lowest BCUT2D eigenvalue weighted by molar-refractivity contribution is 0.0935. The molecule has 96 valence electrons. The molecule has 1 saturated carbocycles. The van der Waals surface area contributed by atoms with Crippen molar-refractivity contribution in [2.24, 2.45) is 5.41 Å². The molecule has 0 atom stereocenters. The molecule has 4 heteroatoms. The van der Waals surface area contributed by atoms with Gasteiger partial charge < -0.3 is 15.2 Å². The average Bonchev–Trinajstić information content (AvgIpc) is 3.04. The maximum absolute atomic E-state index is 12.0. The minimum atomic E-state index is -0.0653. The van der Waals surface area contributed by atoms with E-state index in [1.165, 1.54) is 0 Å². The highest BCUT2D eigenvalue weighted by molar-refractivity contribution is 5.94. The van der Waals surface area contributed by atoms with Gasteiger partial charge in [0, 0.05) is 23.9 Å². The second kappa shape index (κ2) is 4.28. The number of hydrogen-bond acceptors (Lipinski definition) is 3. The number of carbonyl (C=O) groups excluding carboxylic acids is 1. The molecule has 1 fully saturated rings. The largest absolute Gasteiger partial charge is 0.493 e. The summed E-state index contributed by atoms with van der Waals surface area (Å²) in [7, 11) is 0. The highest BCUT2D eigenvalue weighted by Crippen LogP contribution is 2.44. The Hall–Kier alpha value is -1.55. The predicted molar refractivity (Wildman–Crippen MR) is 66.7 cm³/mol. The number of ether oxygens (including phenoxy) is 1. The number of benzene rings is 1. The minimum Gasteiger partial charge on any atom is -0.493 e. The van der Waals surface area contributed by atoms with Gasteiger partial charge in [-0.3, -0.25) is 4.79 Å².